The summed E-state index contributed by atoms with van der Waals surface area (Å²) in [6, 6.07) is 2.41. The summed E-state index contributed by atoms with van der Waals surface area (Å²) in [7, 11) is 0. The largest absolute Gasteiger partial charge is 0.348 e. The van der Waals surface area contributed by atoms with Crippen molar-refractivity contribution >= 4 is 17.0 Å². The molecular weight excluding hydrogens is 316 g/mol. The Morgan fingerprint density at radius 2 is 2.24 bits per heavy atom. The van der Waals surface area contributed by atoms with Crippen LogP contribution in [0.15, 0.2) is 10.6 Å². The first-order chi connectivity index (χ1) is 12.2. The van der Waals surface area contributed by atoms with Gasteiger partial charge in [0.05, 0.1) is 16.6 Å². The normalized spacial score (nSPS) is 23.8. The van der Waals surface area contributed by atoms with E-state index in [9.17, 15) is 4.79 Å². The number of carbonyl (C=O) groups excluding carboxylic acids is 1. The van der Waals surface area contributed by atoms with Crippen molar-refractivity contribution in [2.75, 3.05) is 6.54 Å². The highest BCUT2D eigenvalue weighted by Crippen LogP contribution is 2.40. The van der Waals surface area contributed by atoms with Crippen molar-refractivity contribution in [2.45, 2.75) is 70.4 Å². The first-order valence-corrected chi connectivity index (χ1v) is 9.50. The van der Waals surface area contributed by atoms with Crippen molar-refractivity contribution in [3.63, 3.8) is 0 Å². The molecule has 4 rings (SSSR count). The van der Waals surface area contributed by atoms with Gasteiger partial charge in [0.1, 0.15) is 0 Å². The van der Waals surface area contributed by atoms with Gasteiger partial charge < -0.3 is 15.2 Å². The lowest BCUT2D eigenvalue weighted by Crippen LogP contribution is -2.51. The standard InChI is InChI=1S/C19H26N4O2/c1-3-5-15-17-13(18(24)21-14-6-4-9-20-11(14)2)10-16(12-7-8-12)22-19(17)25-23-15/h10-12,14,20H,3-9H2,1-2H3,(H,21,24). The molecule has 2 aromatic heterocycles. The van der Waals surface area contributed by atoms with E-state index in [-0.39, 0.29) is 18.0 Å². The van der Waals surface area contributed by atoms with Gasteiger partial charge in [0.2, 0.25) is 0 Å². The number of nitrogens with one attached hydrogen (secondary N) is 2. The van der Waals surface area contributed by atoms with Gasteiger partial charge in [-0.1, -0.05) is 18.5 Å². The van der Waals surface area contributed by atoms with Gasteiger partial charge in [-0.05, 0) is 51.6 Å². The van der Waals surface area contributed by atoms with Crippen LogP contribution in [0.3, 0.4) is 0 Å². The molecule has 2 unspecified atom stereocenters. The van der Waals surface area contributed by atoms with Crippen molar-refractivity contribution in [3.8, 4) is 0 Å². The molecule has 1 amide bonds. The maximum Gasteiger partial charge on any atom is 0.259 e. The third kappa shape index (κ3) is 3.27. The second-order valence-electron chi connectivity index (χ2n) is 7.39. The molecule has 1 aliphatic carbocycles. The van der Waals surface area contributed by atoms with Crippen LogP contribution in [0, 0.1) is 0 Å². The van der Waals surface area contributed by atoms with Crippen LogP contribution >= 0.6 is 0 Å². The maximum absolute atomic E-state index is 13.1. The van der Waals surface area contributed by atoms with Crippen LogP contribution in [0.5, 0.6) is 0 Å². The van der Waals surface area contributed by atoms with Gasteiger partial charge in [-0.25, -0.2) is 4.98 Å². The van der Waals surface area contributed by atoms with Crippen molar-refractivity contribution in [1.82, 2.24) is 20.8 Å². The molecule has 2 atom stereocenters. The highest BCUT2D eigenvalue weighted by Gasteiger charge is 2.30. The summed E-state index contributed by atoms with van der Waals surface area (Å²) in [6.45, 7) is 5.25. The third-order valence-electron chi connectivity index (χ3n) is 5.34. The molecule has 1 saturated carbocycles. The molecule has 1 aliphatic heterocycles. The van der Waals surface area contributed by atoms with Crippen LogP contribution in [0.1, 0.15) is 73.6 Å². The Hall–Kier alpha value is -1.95. The predicted molar refractivity (Wildman–Crippen MR) is 95.7 cm³/mol. The molecule has 0 radical (unpaired) electrons. The Bertz CT molecular complexity index is 781. The third-order valence-corrected chi connectivity index (χ3v) is 5.34. The van der Waals surface area contributed by atoms with Crippen molar-refractivity contribution in [2.24, 2.45) is 0 Å². The molecule has 0 spiro atoms. The topological polar surface area (TPSA) is 80.0 Å². The van der Waals surface area contributed by atoms with Crippen molar-refractivity contribution in [3.05, 3.63) is 23.0 Å². The van der Waals surface area contributed by atoms with Crippen LogP contribution in [0.25, 0.3) is 11.1 Å². The van der Waals surface area contributed by atoms with E-state index in [0.29, 0.717) is 17.2 Å². The number of piperidine rings is 1. The Morgan fingerprint density at radius 3 is 2.96 bits per heavy atom. The van der Waals surface area contributed by atoms with E-state index in [0.717, 1.165) is 61.8 Å². The van der Waals surface area contributed by atoms with Gasteiger partial charge in [-0.15, -0.1) is 0 Å². The van der Waals surface area contributed by atoms with Gasteiger partial charge >= 0.3 is 0 Å². The molecule has 134 valence electrons. The van der Waals surface area contributed by atoms with E-state index in [4.69, 9.17) is 4.52 Å². The zero-order valence-electron chi connectivity index (χ0n) is 15.0. The van der Waals surface area contributed by atoms with E-state index in [1.807, 2.05) is 6.07 Å². The molecule has 25 heavy (non-hydrogen) atoms. The van der Waals surface area contributed by atoms with Crippen LogP contribution in [0.4, 0.5) is 0 Å². The molecule has 0 aromatic carbocycles. The van der Waals surface area contributed by atoms with Crippen LogP contribution in [-0.4, -0.2) is 34.7 Å². The fourth-order valence-electron chi connectivity index (χ4n) is 3.69. The van der Waals surface area contributed by atoms with E-state index >= 15 is 0 Å². The summed E-state index contributed by atoms with van der Waals surface area (Å²) in [5.41, 5.74) is 2.99. The van der Waals surface area contributed by atoms with Gasteiger partial charge in [0.15, 0.2) is 0 Å². The number of aromatic nitrogens is 2. The molecule has 3 heterocycles. The lowest BCUT2D eigenvalue weighted by atomic mass is 9.98. The Balaban J connectivity index is 1.70. The van der Waals surface area contributed by atoms with E-state index in [1.165, 1.54) is 0 Å². The molecule has 0 bridgehead atoms. The number of fused-ring (bicyclic) bond motifs is 1. The Kier molecular flexibility index (Phi) is 4.46. The molecule has 2 N–H and O–H groups in total. The van der Waals surface area contributed by atoms with Gasteiger partial charge in [-0.2, -0.15) is 0 Å². The number of aryl methyl sites for hydroxylation is 1. The number of carbonyl (C=O) groups is 1. The van der Waals surface area contributed by atoms with Crippen molar-refractivity contribution < 1.29 is 9.32 Å². The zero-order chi connectivity index (χ0) is 17.4. The monoisotopic (exact) mass is 342 g/mol. The lowest BCUT2D eigenvalue weighted by Gasteiger charge is -2.30. The highest BCUT2D eigenvalue weighted by molar-refractivity contribution is 6.06. The first kappa shape index (κ1) is 16.5. The van der Waals surface area contributed by atoms with Gasteiger partial charge in [-0.3, -0.25) is 4.79 Å². The number of rotatable bonds is 5. The first-order valence-electron chi connectivity index (χ1n) is 9.50. The van der Waals surface area contributed by atoms with Crippen molar-refractivity contribution in [1.29, 1.82) is 0 Å². The minimum Gasteiger partial charge on any atom is -0.348 e. The number of hydrogen-bond acceptors (Lipinski definition) is 5. The lowest BCUT2D eigenvalue weighted by molar-refractivity contribution is 0.0921. The minimum atomic E-state index is -0.0320. The van der Waals surface area contributed by atoms with Gasteiger partial charge in [0, 0.05) is 23.7 Å². The molecule has 6 nitrogen and oxygen atoms in total. The molecule has 2 aliphatic rings. The molecular formula is C19H26N4O2. The fraction of sp³-hybridized carbons (Fsp3) is 0.632. The average molecular weight is 342 g/mol. The summed E-state index contributed by atoms with van der Waals surface area (Å²) in [5.74, 6) is 0.432. The molecule has 2 fully saturated rings. The zero-order valence-corrected chi connectivity index (χ0v) is 15.0. The Labute approximate surface area is 147 Å². The summed E-state index contributed by atoms with van der Waals surface area (Å²) in [4.78, 5) is 17.7. The highest BCUT2D eigenvalue weighted by atomic mass is 16.5. The molecule has 6 heteroatoms. The number of nitrogens with zero attached hydrogens (tertiary/aromatic N) is 2. The van der Waals surface area contributed by atoms with Crippen LogP contribution < -0.4 is 10.6 Å². The Morgan fingerprint density at radius 1 is 1.40 bits per heavy atom. The number of hydrogen-bond donors (Lipinski definition) is 2. The summed E-state index contributed by atoms with van der Waals surface area (Å²) in [6.07, 6.45) is 6.12. The van der Waals surface area contributed by atoms with E-state index in [1.54, 1.807) is 0 Å². The van der Waals surface area contributed by atoms with Crippen LogP contribution in [0.2, 0.25) is 0 Å². The number of pyridine rings is 1. The summed E-state index contributed by atoms with van der Waals surface area (Å²) in [5, 5.41) is 11.6. The van der Waals surface area contributed by atoms with E-state index in [2.05, 4.69) is 34.6 Å². The van der Waals surface area contributed by atoms with E-state index < -0.39 is 0 Å². The molecule has 1 saturated heterocycles. The minimum absolute atomic E-state index is 0.0320. The second kappa shape index (κ2) is 6.75. The second-order valence-corrected chi connectivity index (χ2v) is 7.39. The average Bonchev–Trinajstić information content (AvgIpc) is 3.39. The summed E-state index contributed by atoms with van der Waals surface area (Å²) < 4.78 is 5.47. The summed E-state index contributed by atoms with van der Waals surface area (Å²) >= 11 is 0. The fourth-order valence-corrected chi connectivity index (χ4v) is 3.69. The maximum atomic E-state index is 13.1. The predicted octanol–water partition coefficient (Wildman–Crippen LogP) is 2.92. The van der Waals surface area contributed by atoms with Crippen LogP contribution in [-0.2, 0) is 6.42 Å². The smallest absolute Gasteiger partial charge is 0.259 e. The quantitative estimate of drug-likeness (QED) is 0.873. The SMILES string of the molecule is CCCc1noc2nc(C3CC3)cc(C(=O)NC3CCCNC3C)c12. The molecule has 2 aromatic rings. The van der Waals surface area contributed by atoms with Gasteiger partial charge in [0.25, 0.3) is 11.6 Å². The number of amides is 1.